The van der Waals surface area contributed by atoms with Gasteiger partial charge in [0, 0.05) is 19.2 Å². The fourth-order valence-electron chi connectivity index (χ4n) is 1.34. The van der Waals surface area contributed by atoms with Crippen molar-refractivity contribution < 1.29 is 13.2 Å². The summed E-state index contributed by atoms with van der Waals surface area (Å²) in [6, 6.07) is 4.72. The number of sulfonamides is 1. The van der Waals surface area contributed by atoms with Gasteiger partial charge in [-0.25, -0.2) is 13.6 Å². The molecule has 0 heterocycles. The zero-order valence-corrected chi connectivity index (χ0v) is 10.8. The van der Waals surface area contributed by atoms with Crippen LogP contribution in [-0.2, 0) is 10.0 Å². The second-order valence-electron chi connectivity index (χ2n) is 3.67. The van der Waals surface area contributed by atoms with Gasteiger partial charge in [-0.15, -0.1) is 0 Å². The van der Waals surface area contributed by atoms with Crippen LogP contribution in [0.25, 0.3) is 0 Å². The predicted molar refractivity (Wildman–Crippen MR) is 70.7 cm³/mol. The molecule has 0 aliphatic heterocycles. The minimum Gasteiger partial charge on any atom is -0.397 e. The lowest BCUT2D eigenvalue weighted by atomic mass is 10.1. The Kier molecular flexibility index (Phi) is 4.51. The van der Waals surface area contributed by atoms with Crippen molar-refractivity contribution in [1.82, 2.24) is 5.32 Å². The maximum absolute atomic E-state index is 11.3. The van der Waals surface area contributed by atoms with Crippen molar-refractivity contribution in [2.45, 2.75) is 0 Å². The number of nitrogen functional groups attached to an aromatic ring is 1. The van der Waals surface area contributed by atoms with Crippen LogP contribution in [-0.4, -0.2) is 33.7 Å². The lowest BCUT2D eigenvalue weighted by Crippen LogP contribution is -2.22. The number of rotatable bonds is 5. The van der Waals surface area contributed by atoms with E-state index in [2.05, 4.69) is 10.6 Å². The molecule has 0 fully saturated rings. The molecule has 1 aromatic carbocycles. The zero-order chi connectivity index (χ0) is 13.8. The number of primary sulfonamides is 1. The van der Waals surface area contributed by atoms with Gasteiger partial charge in [0.2, 0.25) is 10.0 Å². The molecule has 0 saturated carbocycles. The van der Waals surface area contributed by atoms with E-state index < -0.39 is 10.0 Å². The fourth-order valence-corrected chi connectivity index (χ4v) is 1.72. The SMILES string of the molecule is CNC(=O)c1ccc(NCCS(N)(=O)=O)c(N)c1. The van der Waals surface area contributed by atoms with Crippen LogP contribution in [0.4, 0.5) is 11.4 Å². The number of hydrogen-bond donors (Lipinski definition) is 4. The van der Waals surface area contributed by atoms with Crippen LogP contribution in [0.1, 0.15) is 10.4 Å². The Bertz CT molecular complexity index is 542. The number of carbonyl (C=O) groups excluding carboxylic acids is 1. The molecular formula is C10H16N4O3S. The van der Waals surface area contributed by atoms with E-state index in [1.54, 1.807) is 12.1 Å². The fraction of sp³-hybridized carbons (Fsp3) is 0.300. The summed E-state index contributed by atoms with van der Waals surface area (Å²) in [6.07, 6.45) is 0. The molecular weight excluding hydrogens is 256 g/mol. The van der Waals surface area contributed by atoms with Gasteiger partial charge in [-0.1, -0.05) is 0 Å². The van der Waals surface area contributed by atoms with Gasteiger partial charge in [0.25, 0.3) is 5.91 Å². The molecule has 18 heavy (non-hydrogen) atoms. The van der Waals surface area contributed by atoms with Gasteiger partial charge in [0.1, 0.15) is 0 Å². The molecule has 8 heteroatoms. The monoisotopic (exact) mass is 272 g/mol. The second-order valence-corrected chi connectivity index (χ2v) is 5.41. The molecule has 6 N–H and O–H groups in total. The molecule has 1 amide bonds. The number of carbonyl (C=O) groups is 1. The highest BCUT2D eigenvalue weighted by atomic mass is 32.2. The Hall–Kier alpha value is -1.80. The minimum absolute atomic E-state index is 0.155. The zero-order valence-electron chi connectivity index (χ0n) is 9.93. The third-order valence-electron chi connectivity index (χ3n) is 2.24. The van der Waals surface area contributed by atoms with E-state index in [1.807, 2.05) is 0 Å². The number of nitrogens with one attached hydrogen (secondary N) is 2. The molecule has 0 aliphatic rings. The summed E-state index contributed by atoms with van der Waals surface area (Å²) in [6.45, 7) is 0.155. The Morgan fingerprint density at radius 3 is 2.56 bits per heavy atom. The van der Waals surface area contributed by atoms with E-state index >= 15 is 0 Å². The summed E-state index contributed by atoms with van der Waals surface area (Å²) < 4.78 is 21.5. The van der Waals surface area contributed by atoms with Crippen LogP contribution in [0.3, 0.4) is 0 Å². The lowest BCUT2D eigenvalue weighted by Gasteiger charge is -2.10. The van der Waals surface area contributed by atoms with E-state index in [9.17, 15) is 13.2 Å². The summed E-state index contributed by atoms with van der Waals surface area (Å²) in [7, 11) is -1.98. The lowest BCUT2D eigenvalue weighted by molar-refractivity contribution is 0.0963. The van der Waals surface area contributed by atoms with Crippen molar-refractivity contribution in [2.75, 3.05) is 30.4 Å². The third-order valence-corrected chi connectivity index (χ3v) is 3.02. The van der Waals surface area contributed by atoms with Crippen LogP contribution >= 0.6 is 0 Å². The molecule has 7 nitrogen and oxygen atoms in total. The molecule has 0 atom stereocenters. The van der Waals surface area contributed by atoms with Gasteiger partial charge in [-0.05, 0) is 18.2 Å². The first-order valence-electron chi connectivity index (χ1n) is 5.19. The maximum atomic E-state index is 11.3. The van der Waals surface area contributed by atoms with Crippen LogP contribution in [0.15, 0.2) is 18.2 Å². The number of anilines is 2. The standard InChI is InChI=1S/C10H16N4O3S/c1-13-10(15)7-2-3-9(8(11)6-7)14-4-5-18(12,16)17/h2-3,6,14H,4-5,11H2,1H3,(H,13,15)(H2,12,16,17). The van der Waals surface area contributed by atoms with Crippen LogP contribution in [0.5, 0.6) is 0 Å². The Morgan fingerprint density at radius 1 is 1.39 bits per heavy atom. The first-order valence-corrected chi connectivity index (χ1v) is 6.91. The van der Waals surface area contributed by atoms with Gasteiger partial charge < -0.3 is 16.4 Å². The highest BCUT2D eigenvalue weighted by Gasteiger charge is 2.07. The van der Waals surface area contributed by atoms with Crippen molar-refractivity contribution in [2.24, 2.45) is 5.14 Å². The van der Waals surface area contributed by atoms with Crippen LogP contribution < -0.4 is 21.5 Å². The topological polar surface area (TPSA) is 127 Å². The minimum atomic E-state index is -3.50. The number of amides is 1. The van der Waals surface area contributed by atoms with Gasteiger partial charge in [0.15, 0.2) is 0 Å². The van der Waals surface area contributed by atoms with E-state index in [0.29, 0.717) is 16.9 Å². The third kappa shape index (κ3) is 4.22. The average molecular weight is 272 g/mol. The molecule has 0 bridgehead atoms. The molecule has 1 aromatic rings. The van der Waals surface area contributed by atoms with E-state index in [0.717, 1.165) is 0 Å². The van der Waals surface area contributed by atoms with Gasteiger partial charge in [-0.3, -0.25) is 4.79 Å². The highest BCUT2D eigenvalue weighted by molar-refractivity contribution is 7.89. The van der Waals surface area contributed by atoms with Crippen molar-refractivity contribution in [3.8, 4) is 0 Å². The van der Waals surface area contributed by atoms with Crippen LogP contribution in [0, 0.1) is 0 Å². The number of benzene rings is 1. The second kappa shape index (κ2) is 5.69. The largest absolute Gasteiger partial charge is 0.397 e. The molecule has 0 radical (unpaired) electrons. The highest BCUT2D eigenvalue weighted by Crippen LogP contribution is 2.19. The molecule has 100 valence electrons. The summed E-state index contributed by atoms with van der Waals surface area (Å²) in [4.78, 5) is 11.3. The summed E-state index contributed by atoms with van der Waals surface area (Å²) >= 11 is 0. The van der Waals surface area contributed by atoms with Crippen molar-refractivity contribution in [3.63, 3.8) is 0 Å². The smallest absolute Gasteiger partial charge is 0.251 e. The summed E-state index contributed by atoms with van der Waals surface area (Å²) in [5.41, 5.74) is 7.11. The normalized spacial score (nSPS) is 11.0. The van der Waals surface area contributed by atoms with E-state index in [4.69, 9.17) is 10.9 Å². The van der Waals surface area contributed by atoms with Gasteiger partial charge in [0.05, 0.1) is 17.1 Å². The van der Waals surface area contributed by atoms with E-state index in [-0.39, 0.29) is 18.2 Å². The summed E-state index contributed by atoms with van der Waals surface area (Å²) in [5, 5.41) is 10.2. The first kappa shape index (κ1) is 14.3. The first-order chi connectivity index (χ1) is 8.33. The molecule has 0 spiro atoms. The van der Waals surface area contributed by atoms with Crippen molar-refractivity contribution in [3.05, 3.63) is 23.8 Å². The number of hydrogen-bond acceptors (Lipinski definition) is 5. The molecule has 0 unspecified atom stereocenters. The quantitative estimate of drug-likeness (QED) is 0.528. The molecule has 0 saturated heterocycles. The van der Waals surface area contributed by atoms with Gasteiger partial charge in [-0.2, -0.15) is 0 Å². The maximum Gasteiger partial charge on any atom is 0.251 e. The van der Waals surface area contributed by atoms with Gasteiger partial charge >= 0.3 is 0 Å². The molecule has 0 aromatic heterocycles. The van der Waals surface area contributed by atoms with E-state index in [1.165, 1.54) is 13.1 Å². The van der Waals surface area contributed by atoms with Crippen LogP contribution in [0.2, 0.25) is 0 Å². The predicted octanol–water partition coefficient (Wildman–Crippen LogP) is -0.671. The molecule has 0 aliphatic carbocycles. The average Bonchev–Trinajstić information content (AvgIpc) is 2.28. The Labute approximate surface area is 106 Å². The summed E-state index contributed by atoms with van der Waals surface area (Å²) in [5.74, 6) is -0.429. The number of nitrogens with two attached hydrogens (primary N) is 2. The Morgan fingerprint density at radius 2 is 2.06 bits per heavy atom. The van der Waals surface area contributed by atoms with Crippen molar-refractivity contribution in [1.29, 1.82) is 0 Å². The Balaban J connectivity index is 2.71. The molecule has 1 rings (SSSR count). The van der Waals surface area contributed by atoms with Crippen molar-refractivity contribution >= 4 is 27.3 Å².